The first-order valence-corrected chi connectivity index (χ1v) is 3.72. The van der Waals surface area contributed by atoms with Crippen LogP contribution in [-0.4, -0.2) is 7.11 Å². The van der Waals surface area contributed by atoms with Gasteiger partial charge in [0.25, 0.3) is 0 Å². The Balaban J connectivity index is 3.20. The minimum Gasteiger partial charge on any atom is -0.496 e. The SMILES string of the molecule is COc1ccc(CN)c(F)c1C. The molecule has 0 saturated carbocycles. The zero-order valence-electron chi connectivity index (χ0n) is 7.23. The molecule has 0 aromatic heterocycles. The highest BCUT2D eigenvalue weighted by atomic mass is 19.1. The molecule has 1 aromatic carbocycles. The van der Waals surface area contributed by atoms with Gasteiger partial charge < -0.3 is 10.5 Å². The van der Waals surface area contributed by atoms with Gasteiger partial charge in [0.1, 0.15) is 11.6 Å². The van der Waals surface area contributed by atoms with Crippen molar-refractivity contribution in [3.8, 4) is 5.75 Å². The van der Waals surface area contributed by atoms with Crippen molar-refractivity contribution in [1.82, 2.24) is 0 Å². The van der Waals surface area contributed by atoms with E-state index in [1.807, 2.05) is 0 Å². The fraction of sp³-hybridized carbons (Fsp3) is 0.333. The predicted octanol–water partition coefficient (Wildman–Crippen LogP) is 1.60. The summed E-state index contributed by atoms with van der Waals surface area (Å²) in [5.41, 5.74) is 6.37. The van der Waals surface area contributed by atoms with Crippen LogP contribution in [0.15, 0.2) is 12.1 Å². The van der Waals surface area contributed by atoms with E-state index in [4.69, 9.17) is 10.5 Å². The molecule has 0 heterocycles. The van der Waals surface area contributed by atoms with Crippen LogP contribution in [-0.2, 0) is 6.54 Å². The molecule has 0 spiro atoms. The summed E-state index contributed by atoms with van der Waals surface area (Å²) in [6, 6.07) is 3.36. The third kappa shape index (κ3) is 1.41. The lowest BCUT2D eigenvalue weighted by atomic mass is 10.1. The van der Waals surface area contributed by atoms with E-state index in [0.717, 1.165) is 0 Å². The molecule has 0 aliphatic heterocycles. The van der Waals surface area contributed by atoms with Gasteiger partial charge in [-0.3, -0.25) is 0 Å². The fourth-order valence-corrected chi connectivity index (χ4v) is 1.10. The molecule has 0 unspecified atom stereocenters. The van der Waals surface area contributed by atoms with Gasteiger partial charge in [0.2, 0.25) is 0 Å². The van der Waals surface area contributed by atoms with E-state index in [0.29, 0.717) is 16.9 Å². The molecule has 0 bridgehead atoms. The molecule has 3 heteroatoms. The van der Waals surface area contributed by atoms with E-state index < -0.39 is 0 Å². The highest BCUT2D eigenvalue weighted by Gasteiger charge is 2.07. The van der Waals surface area contributed by atoms with Gasteiger partial charge in [-0.05, 0) is 13.0 Å². The van der Waals surface area contributed by atoms with Gasteiger partial charge in [0.15, 0.2) is 0 Å². The van der Waals surface area contributed by atoms with E-state index in [1.165, 1.54) is 7.11 Å². The number of rotatable bonds is 2. The molecule has 1 aromatic rings. The summed E-state index contributed by atoms with van der Waals surface area (Å²) in [5.74, 6) is 0.293. The van der Waals surface area contributed by atoms with Crippen LogP contribution >= 0.6 is 0 Å². The van der Waals surface area contributed by atoms with Crippen LogP contribution in [0.2, 0.25) is 0 Å². The zero-order chi connectivity index (χ0) is 9.14. The van der Waals surface area contributed by atoms with Crippen molar-refractivity contribution < 1.29 is 9.13 Å². The molecule has 0 atom stereocenters. The molecule has 2 nitrogen and oxygen atoms in total. The van der Waals surface area contributed by atoms with Gasteiger partial charge in [-0.25, -0.2) is 4.39 Å². The Hall–Kier alpha value is -1.09. The van der Waals surface area contributed by atoms with Crippen molar-refractivity contribution in [2.45, 2.75) is 13.5 Å². The van der Waals surface area contributed by atoms with Gasteiger partial charge in [-0.1, -0.05) is 6.07 Å². The van der Waals surface area contributed by atoms with Crippen LogP contribution in [0, 0.1) is 12.7 Å². The van der Waals surface area contributed by atoms with E-state index in [-0.39, 0.29) is 12.4 Å². The average molecular weight is 169 g/mol. The maximum absolute atomic E-state index is 13.3. The Morgan fingerprint density at radius 1 is 1.50 bits per heavy atom. The van der Waals surface area contributed by atoms with E-state index in [1.54, 1.807) is 19.1 Å². The number of methoxy groups -OCH3 is 1. The monoisotopic (exact) mass is 169 g/mol. The summed E-state index contributed by atoms with van der Waals surface area (Å²) in [4.78, 5) is 0. The minimum atomic E-state index is -0.267. The summed E-state index contributed by atoms with van der Waals surface area (Å²) < 4.78 is 18.2. The lowest BCUT2D eigenvalue weighted by molar-refractivity contribution is 0.406. The molecular weight excluding hydrogens is 157 g/mol. The van der Waals surface area contributed by atoms with Crippen LogP contribution in [0.4, 0.5) is 4.39 Å². The Morgan fingerprint density at radius 2 is 2.17 bits per heavy atom. The highest BCUT2D eigenvalue weighted by Crippen LogP contribution is 2.22. The molecule has 0 aliphatic rings. The number of ether oxygens (including phenoxy) is 1. The second-order valence-corrected chi connectivity index (χ2v) is 2.57. The van der Waals surface area contributed by atoms with Crippen molar-refractivity contribution in [1.29, 1.82) is 0 Å². The summed E-state index contributed by atoms with van der Waals surface area (Å²) in [6.45, 7) is 1.89. The number of benzene rings is 1. The minimum absolute atomic E-state index is 0.219. The molecule has 0 radical (unpaired) electrons. The largest absolute Gasteiger partial charge is 0.496 e. The van der Waals surface area contributed by atoms with Gasteiger partial charge >= 0.3 is 0 Å². The number of nitrogens with two attached hydrogens (primary N) is 1. The number of hydrogen-bond donors (Lipinski definition) is 1. The third-order valence-corrected chi connectivity index (χ3v) is 1.86. The topological polar surface area (TPSA) is 35.2 Å². The molecule has 0 fully saturated rings. The second-order valence-electron chi connectivity index (χ2n) is 2.57. The van der Waals surface area contributed by atoms with Crippen LogP contribution in [0.1, 0.15) is 11.1 Å². The lowest BCUT2D eigenvalue weighted by Crippen LogP contribution is -2.02. The van der Waals surface area contributed by atoms with Crippen LogP contribution < -0.4 is 10.5 Å². The Bertz CT molecular complexity index is 257. The molecule has 0 saturated heterocycles. The summed E-state index contributed by atoms with van der Waals surface area (Å²) in [5, 5.41) is 0. The first-order valence-electron chi connectivity index (χ1n) is 3.72. The summed E-state index contributed by atoms with van der Waals surface area (Å²) in [7, 11) is 1.52. The van der Waals surface area contributed by atoms with Crippen LogP contribution in [0.25, 0.3) is 0 Å². The van der Waals surface area contributed by atoms with Crippen molar-refractivity contribution in [2.24, 2.45) is 5.73 Å². The van der Waals surface area contributed by atoms with Crippen LogP contribution in [0.3, 0.4) is 0 Å². The number of halogens is 1. The van der Waals surface area contributed by atoms with Gasteiger partial charge in [-0.2, -0.15) is 0 Å². The molecule has 0 aliphatic carbocycles. The summed E-state index contributed by atoms with van der Waals surface area (Å²) >= 11 is 0. The smallest absolute Gasteiger partial charge is 0.134 e. The van der Waals surface area contributed by atoms with Crippen molar-refractivity contribution in [2.75, 3.05) is 7.11 Å². The maximum atomic E-state index is 13.3. The first-order chi connectivity index (χ1) is 5.70. The molecule has 12 heavy (non-hydrogen) atoms. The van der Waals surface area contributed by atoms with Gasteiger partial charge in [0, 0.05) is 17.7 Å². The van der Waals surface area contributed by atoms with E-state index >= 15 is 0 Å². The standard InChI is InChI=1S/C9H12FNO/c1-6-8(12-2)4-3-7(5-11)9(6)10/h3-4H,5,11H2,1-2H3. The van der Waals surface area contributed by atoms with Gasteiger partial charge in [0.05, 0.1) is 7.11 Å². The zero-order valence-corrected chi connectivity index (χ0v) is 7.23. The summed E-state index contributed by atoms with van der Waals surface area (Å²) in [6.07, 6.45) is 0. The van der Waals surface area contributed by atoms with E-state index in [2.05, 4.69) is 0 Å². The third-order valence-electron chi connectivity index (χ3n) is 1.86. The van der Waals surface area contributed by atoms with Crippen molar-refractivity contribution in [3.05, 3.63) is 29.1 Å². The normalized spacial score (nSPS) is 10.0. The van der Waals surface area contributed by atoms with Crippen LogP contribution in [0.5, 0.6) is 5.75 Å². The quantitative estimate of drug-likeness (QED) is 0.729. The molecule has 2 N–H and O–H groups in total. The first kappa shape index (κ1) is 9.00. The maximum Gasteiger partial charge on any atom is 0.134 e. The number of hydrogen-bond acceptors (Lipinski definition) is 2. The Labute approximate surface area is 71.1 Å². The van der Waals surface area contributed by atoms with Crippen molar-refractivity contribution in [3.63, 3.8) is 0 Å². The Morgan fingerprint density at radius 3 is 2.67 bits per heavy atom. The Kier molecular flexibility index (Phi) is 2.65. The second kappa shape index (κ2) is 3.54. The lowest BCUT2D eigenvalue weighted by Gasteiger charge is -2.07. The molecule has 0 amide bonds. The highest BCUT2D eigenvalue weighted by molar-refractivity contribution is 5.37. The molecule has 66 valence electrons. The fourth-order valence-electron chi connectivity index (χ4n) is 1.10. The molecular formula is C9H12FNO. The van der Waals surface area contributed by atoms with Gasteiger partial charge in [-0.15, -0.1) is 0 Å². The average Bonchev–Trinajstić information content (AvgIpc) is 2.10. The predicted molar refractivity (Wildman–Crippen MR) is 45.6 cm³/mol. The van der Waals surface area contributed by atoms with E-state index in [9.17, 15) is 4.39 Å². The molecule has 1 rings (SSSR count). The van der Waals surface area contributed by atoms with Crippen molar-refractivity contribution >= 4 is 0 Å².